The van der Waals surface area contributed by atoms with Gasteiger partial charge in [0, 0.05) is 12.6 Å². The number of nitrogens with zero attached hydrogens (tertiary/aromatic N) is 2. The second kappa shape index (κ2) is 4.45. The van der Waals surface area contributed by atoms with Gasteiger partial charge in [0.1, 0.15) is 5.82 Å². The lowest BCUT2D eigenvalue weighted by Gasteiger charge is -2.06. The van der Waals surface area contributed by atoms with Gasteiger partial charge in [-0.2, -0.15) is 0 Å². The highest BCUT2D eigenvalue weighted by Gasteiger charge is 2.13. The van der Waals surface area contributed by atoms with E-state index in [0.29, 0.717) is 11.5 Å². The number of halogens is 2. The van der Waals surface area contributed by atoms with E-state index in [0.717, 1.165) is 0 Å². The van der Waals surface area contributed by atoms with E-state index in [9.17, 15) is 8.78 Å². The van der Waals surface area contributed by atoms with Crippen molar-refractivity contribution in [3.05, 3.63) is 41.7 Å². The van der Waals surface area contributed by atoms with E-state index < -0.39 is 11.6 Å². The van der Waals surface area contributed by atoms with Crippen LogP contribution in [0.3, 0.4) is 0 Å². The standard InChI is InChI=1S/C12H11F2N3/c1-7-3-4-8(12(14)11(7)13)9-5-16-6-10(15-2)17-9/h3-6H,1-2H3,(H,15,17). The lowest BCUT2D eigenvalue weighted by Crippen LogP contribution is -1.98. The number of hydrogen-bond donors (Lipinski definition) is 1. The summed E-state index contributed by atoms with van der Waals surface area (Å²) in [6.45, 7) is 1.51. The smallest absolute Gasteiger partial charge is 0.168 e. The number of nitrogens with one attached hydrogen (secondary N) is 1. The Hall–Kier alpha value is -2.04. The van der Waals surface area contributed by atoms with Gasteiger partial charge in [0.15, 0.2) is 11.6 Å². The first-order valence-corrected chi connectivity index (χ1v) is 5.08. The summed E-state index contributed by atoms with van der Waals surface area (Å²) in [7, 11) is 1.68. The molecule has 1 heterocycles. The van der Waals surface area contributed by atoms with E-state index >= 15 is 0 Å². The van der Waals surface area contributed by atoms with Crippen LogP contribution in [0.2, 0.25) is 0 Å². The Morgan fingerprint density at radius 2 is 1.88 bits per heavy atom. The molecule has 2 aromatic rings. The van der Waals surface area contributed by atoms with Crippen LogP contribution in [-0.2, 0) is 0 Å². The molecule has 0 spiro atoms. The molecule has 1 aromatic carbocycles. The SMILES string of the molecule is CNc1cncc(-c2ccc(C)c(F)c2F)n1. The fraction of sp³-hybridized carbons (Fsp3) is 0.167. The summed E-state index contributed by atoms with van der Waals surface area (Å²) in [5.74, 6) is -1.24. The largest absolute Gasteiger partial charge is 0.372 e. The van der Waals surface area contributed by atoms with E-state index in [1.54, 1.807) is 7.05 Å². The molecule has 0 aliphatic heterocycles. The van der Waals surface area contributed by atoms with Gasteiger partial charge in [-0.1, -0.05) is 6.07 Å². The second-order valence-corrected chi connectivity index (χ2v) is 3.60. The first-order valence-electron chi connectivity index (χ1n) is 5.08. The van der Waals surface area contributed by atoms with Gasteiger partial charge in [-0.15, -0.1) is 0 Å². The van der Waals surface area contributed by atoms with Gasteiger partial charge in [0.05, 0.1) is 18.1 Å². The highest BCUT2D eigenvalue weighted by atomic mass is 19.2. The summed E-state index contributed by atoms with van der Waals surface area (Å²) in [4.78, 5) is 8.02. The molecule has 0 saturated carbocycles. The molecule has 1 aromatic heterocycles. The molecule has 0 aliphatic rings. The molecule has 1 N–H and O–H groups in total. The Kier molecular flexibility index (Phi) is 2.99. The van der Waals surface area contributed by atoms with E-state index in [2.05, 4.69) is 15.3 Å². The van der Waals surface area contributed by atoms with Gasteiger partial charge in [0.2, 0.25) is 0 Å². The summed E-state index contributed by atoms with van der Waals surface area (Å²) in [5, 5.41) is 2.79. The van der Waals surface area contributed by atoms with Gasteiger partial charge in [-0.25, -0.2) is 13.8 Å². The molecule has 0 unspecified atom stereocenters. The quantitative estimate of drug-likeness (QED) is 0.869. The van der Waals surface area contributed by atoms with E-state index in [1.807, 2.05) is 0 Å². The van der Waals surface area contributed by atoms with Crippen LogP contribution in [0.4, 0.5) is 14.6 Å². The van der Waals surface area contributed by atoms with E-state index in [1.165, 1.54) is 31.5 Å². The Balaban J connectivity index is 2.56. The summed E-state index contributed by atoms with van der Waals surface area (Å²) >= 11 is 0. The molecular weight excluding hydrogens is 224 g/mol. The Labute approximate surface area is 97.5 Å². The minimum absolute atomic E-state index is 0.109. The van der Waals surface area contributed by atoms with E-state index in [4.69, 9.17) is 0 Å². The Bertz CT molecular complexity index is 555. The fourth-order valence-electron chi connectivity index (χ4n) is 1.46. The van der Waals surface area contributed by atoms with Crippen LogP contribution in [0.5, 0.6) is 0 Å². The van der Waals surface area contributed by atoms with Crippen LogP contribution in [0.15, 0.2) is 24.5 Å². The Morgan fingerprint density at radius 3 is 2.59 bits per heavy atom. The van der Waals surface area contributed by atoms with Crippen molar-refractivity contribution in [2.75, 3.05) is 12.4 Å². The maximum Gasteiger partial charge on any atom is 0.168 e. The molecule has 17 heavy (non-hydrogen) atoms. The average molecular weight is 235 g/mol. The monoisotopic (exact) mass is 235 g/mol. The number of hydrogen-bond acceptors (Lipinski definition) is 3. The van der Waals surface area contributed by atoms with Crippen LogP contribution in [0, 0.1) is 18.6 Å². The average Bonchev–Trinajstić information content (AvgIpc) is 2.36. The Morgan fingerprint density at radius 1 is 1.12 bits per heavy atom. The van der Waals surface area contributed by atoms with E-state index in [-0.39, 0.29) is 11.1 Å². The maximum absolute atomic E-state index is 13.7. The lowest BCUT2D eigenvalue weighted by atomic mass is 10.1. The zero-order valence-electron chi connectivity index (χ0n) is 9.46. The van der Waals surface area contributed by atoms with Crippen LogP contribution in [0.1, 0.15) is 5.56 Å². The van der Waals surface area contributed by atoms with Gasteiger partial charge in [0.25, 0.3) is 0 Å². The zero-order valence-corrected chi connectivity index (χ0v) is 9.46. The summed E-state index contributed by atoms with van der Waals surface area (Å²) < 4.78 is 27.1. The van der Waals surface area contributed by atoms with Crippen molar-refractivity contribution >= 4 is 5.82 Å². The molecule has 0 radical (unpaired) electrons. The van der Waals surface area contributed by atoms with Crippen LogP contribution in [-0.4, -0.2) is 17.0 Å². The number of rotatable bonds is 2. The molecule has 0 bridgehead atoms. The van der Waals surface area contributed by atoms with Crippen LogP contribution >= 0.6 is 0 Å². The fourth-order valence-corrected chi connectivity index (χ4v) is 1.46. The van der Waals surface area contributed by atoms with Crippen LogP contribution in [0.25, 0.3) is 11.3 Å². The molecule has 5 heteroatoms. The number of aromatic nitrogens is 2. The highest BCUT2D eigenvalue weighted by molar-refractivity contribution is 5.61. The number of aryl methyl sites for hydroxylation is 1. The van der Waals surface area contributed by atoms with Crippen molar-refractivity contribution < 1.29 is 8.78 Å². The normalized spacial score (nSPS) is 10.4. The van der Waals surface area contributed by atoms with Crippen molar-refractivity contribution in [1.82, 2.24) is 9.97 Å². The molecule has 0 fully saturated rings. The third kappa shape index (κ3) is 2.08. The maximum atomic E-state index is 13.7. The third-order valence-corrected chi connectivity index (χ3v) is 2.44. The zero-order chi connectivity index (χ0) is 12.4. The predicted molar refractivity (Wildman–Crippen MR) is 61.7 cm³/mol. The molecular formula is C12H11F2N3. The molecule has 0 aliphatic carbocycles. The molecule has 0 atom stereocenters. The van der Waals surface area contributed by atoms with Gasteiger partial charge in [-0.05, 0) is 18.6 Å². The molecule has 3 nitrogen and oxygen atoms in total. The third-order valence-electron chi connectivity index (χ3n) is 2.44. The molecule has 88 valence electrons. The van der Waals surface area contributed by atoms with Gasteiger partial charge in [-0.3, -0.25) is 4.98 Å². The first-order chi connectivity index (χ1) is 8.13. The second-order valence-electron chi connectivity index (χ2n) is 3.60. The van der Waals surface area contributed by atoms with Crippen molar-refractivity contribution in [3.8, 4) is 11.3 Å². The molecule has 0 saturated heterocycles. The van der Waals surface area contributed by atoms with Crippen molar-refractivity contribution in [1.29, 1.82) is 0 Å². The molecule has 0 amide bonds. The van der Waals surface area contributed by atoms with Crippen molar-refractivity contribution in [2.24, 2.45) is 0 Å². The van der Waals surface area contributed by atoms with Crippen molar-refractivity contribution in [2.45, 2.75) is 6.92 Å². The molecule has 2 rings (SSSR count). The highest BCUT2D eigenvalue weighted by Crippen LogP contribution is 2.24. The summed E-state index contributed by atoms with van der Waals surface area (Å²) in [6, 6.07) is 3.01. The summed E-state index contributed by atoms with van der Waals surface area (Å²) in [6.07, 6.45) is 2.90. The predicted octanol–water partition coefficient (Wildman–Crippen LogP) is 2.77. The van der Waals surface area contributed by atoms with Crippen molar-refractivity contribution in [3.63, 3.8) is 0 Å². The summed E-state index contributed by atoms with van der Waals surface area (Å²) in [5.41, 5.74) is 0.676. The number of anilines is 1. The van der Waals surface area contributed by atoms with Gasteiger partial charge >= 0.3 is 0 Å². The van der Waals surface area contributed by atoms with Crippen LogP contribution < -0.4 is 5.32 Å². The van der Waals surface area contributed by atoms with Gasteiger partial charge < -0.3 is 5.32 Å². The first kappa shape index (κ1) is 11.4. The lowest BCUT2D eigenvalue weighted by molar-refractivity contribution is 0.505. The number of benzene rings is 1. The topological polar surface area (TPSA) is 37.8 Å². The minimum atomic E-state index is -0.896. The minimum Gasteiger partial charge on any atom is -0.372 e.